The molecule has 0 unspecified atom stereocenters. The Kier molecular flexibility index (Phi) is 5.44. The summed E-state index contributed by atoms with van der Waals surface area (Å²) in [6, 6.07) is 12.6. The molecule has 7 nitrogen and oxygen atoms in total. The van der Waals surface area contributed by atoms with Gasteiger partial charge in [0, 0.05) is 5.75 Å². The third-order valence-corrected chi connectivity index (χ3v) is 5.14. The second kappa shape index (κ2) is 8.19. The molecule has 4 aromatic rings. The zero-order valence-electron chi connectivity index (χ0n) is 15.6. The highest BCUT2D eigenvalue weighted by molar-refractivity contribution is 7.98. The van der Waals surface area contributed by atoms with Crippen LogP contribution in [0.1, 0.15) is 16.7 Å². The number of hydrogen-bond acceptors (Lipinski definition) is 6. The Morgan fingerprint density at radius 2 is 1.93 bits per heavy atom. The lowest BCUT2D eigenvalue weighted by Gasteiger charge is -2.07. The highest BCUT2D eigenvalue weighted by atomic mass is 32.2. The van der Waals surface area contributed by atoms with Crippen molar-refractivity contribution in [3.05, 3.63) is 71.5 Å². The molecular formula is C19H15F3N6OS. The zero-order valence-corrected chi connectivity index (χ0v) is 16.4. The van der Waals surface area contributed by atoms with Crippen LogP contribution in [0.5, 0.6) is 5.75 Å². The molecule has 11 heteroatoms. The number of methoxy groups -OCH3 is 1. The van der Waals surface area contributed by atoms with E-state index in [1.807, 2.05) is 24.3 Å². The summed E-state index contributed by atoms with van der Waals surface area (Å²) in [6.45, 7) is 0. The second-order valence-electron chi connectivity index (χ2n) is 6.17. The molecule has 4 rings (SSSR count). The normalized spacial score (nSPS) is 12.1. The minimum Gasteiger partial charge on any atom is -0.497 e. The Balaban J connectivity index is 1.48. The summed E-state index contributed by atoms with van der Waals surface area (Å²) in [5.74, 6) is 1.44. The second-order valence-corrected chi connectivity index (χ2v) is 7.12. The SMILES string of the molecule is COc1ccc(/C=N\n2cnn3c(SCc4cccc(C(F)(F)F)c4)nnc23)cc1. The van der Waals surface area contributed by atoms with Crippen molar-refractivity contribution in [1.82, 2.24) is 24.5 Å². The number of ether oxygens (including phenoxy) is 1. The standard InChI is InChI=1S/C19H15F3N6OS/c1-29-16-7-5-13(6-8-16)10-23-27-12-24-28-17(27)25-26-18(28)30-11-14-3-2-4-15(9-14)19(20,21)22/h2-10,12H,11H2,1H3/b23-10-. The van der Waals surface area contributed by atoms with E-state index in [-0.39, 0.29) is 0 Å². The third kappa shape index (κ3) is 4.30. The highest BCUT2D eigenvalue weighted by Gasteiger charge is 2.30. The molecule has 0 saturated heterocycles. The summed E-state index contributed by atoms with van der Waals surface area (Å²) in [5.41, 5.74) is 0.717. The molecule has 0 bridgehead atoms. The van der Waals surface area contributed by atoms with Gasteiger partial charge in [-0.3, -0.25) is 0 Å². The molecule has 2 aromatic carbocycles. The van der Waals surface area contributed by atoms with Gasteiger partial charge in [-0.05, 0) is 41.5 Å². The number of alkyl halides is 3. The maximum atomic E-state index is 12.9. The van der Waals surface area contributed by atoms with E-state index in [4.69, 9.17) is 4.74 Å². The lowest BCUT2D eigenvalue weighted by molar-refractivity contribution is -0.137. The maximum Gasteiger partial charge on any atom is 0.416 e. The van der Waals surface area contributed by atoms with Crippen molar-refractivity contribution in [3.8, 4) is 5.75 Å². The van der Waals surface area contributed by atoms with E-state index >= 15 is 0 Å². The largest absolute Gasteiger partial charge is 0.497 e. The fourth-order valence-corrected chi connectivity index (χ4v) is 3.45. The lowest BCUT2D eigenvalue weighted by atomic mass is 10.1. The van der Waals surface area contributed by atoms with Crippen LogP contribution in [-0.4, -0.2) is 37.8 Å². The molecule has 0 aliphatic carbocycles. The van der Waals surface area contributed by atoms with Crippen molar-refractivity contribution in [2.24, 2.45) is 5.10 Å². The molecule has 0 amide bonds. The van der Waals surface area contributed by atoms with Gasteiger partial charge in [-0.2, -0.15) is 32.6 Å². The Bertz CT molecular complexity index is 1180. The number of hydrogen-bond donors (Lipinski definition) is 0. The summed E-state index contributed by atoms with van der Waals surface area (Å²) >= 11 is 1.24. The van der Waals surface area contributed by atoms with Gasteiger partial charge < -0.3 is 4.74 Å². The number of halogens is 3. The number of aromatic nitrogens is 5. The molecule has 0 atom stereocenters. The van der Waals surface area contributed by atoms with Crippen molar-refractivity contribution < 1.29 is 17.9 Å². The van der Waals surface area contributed by atoms with E-state index < -0.39 is 11.7 Å². The number of fused-ring (bicyclic) bond motifs is 1. The Labute approximate surface area is 173 Å². The van der Waals surface area contributed by atoms with Crippen LogP contribution >= 0.6 is 11.8 Å². The van der Waals surface area contributed by atoms with Gasteiger partial charge in [0.2, 0.25) is 5.16 Å². The van der Waals surface area contributed by atoms with E-state index in [0.717, 1.165) is 23.4 Å². The summed E-state index contributed by atoms with van der Waals surface area (Å²) in [4.78, 5) is 0. The van der Waals surface area contributed by atoms with Gasteiger partial charge in [0.1, 0.15) is 12.1 Å². The molecule has 0 aliphatic heterocycles. The molecule has 30 heavy (non-hydrogen) atoms. The van der Waals surface area contributed by atoms with Gasteiger partial charge in [-0.1, -0.05) is 30.0 Å². The fourth-order valence-electron chi connectivity index (χ4n) is 2.63. The summed E-state index contributed by atoms with van der Waals surface area (Å²) in [6.07, 6.45) is -1.24. The van der Waals surface area contributed by atoms with Crippen molar-refractivity contribution in [3.63, 3.8) is 0 Å². The van der Waals surface area contributed by atoms with Crippen molar-refractivity contribution >= 4 is 23.8 Å². The monoisotopic (exact) mass is 432 g/mol. The summed E-state index contributed by atoms with van der Waals surface area (Å²) in [7, 11) is 1.60. The Morgan fingerprint density at radius 3 is 2.67 bits per heavy atom. The number of thioether (sulfide) groups is 1. The quantitative estimate of drug-likeness (QED) is 0.339. The molecular weight excluding hydrogens is 417 g/mol. The molecule has 2 heterocycles. The van der Waals surface area contributed by atoms with E-state index in [1.165, 1.54) is 33.3 Å². The van der Waals surface area contributed by atoms with Crippen LogP contribution in [0.25, 0.3) is 5.78 Å². The topological polar surface area (TPSA) is 69.6 Å². The van der Waals surface area contributed by atoms with E-state index in [9.17, 15) is 13.2 Å². The van der Waals surface area contributed by atoms with Crippen molar-refractivity contribution in [1.29, 1.82) is 0 Å². The van der Waals surface area contributed by atoms with Gasteiger partial charge in [-0.15, -0.1) is 10.2 Å². The van der Waals surface area contributed by atoms with Crippen LogP contribution in [0.2, 0.25) is 0 Å². The van der Waals surface area contributed by atoms with Crippen LogP contribution in [0, 0.1) is 0 Å². The zero-order chi connectivity index (χ0) is 21.1. The van der Waals surface area contributed by atoms with Crippen LogP contribution in [0.15, 0.2) is 65.1 Å². The van der Waals surface area contributed by atoms with Gasteiger partial charge in [0.15, 0.2) is 0 Å². The first-order valence-electron chi connectivity index (χ1n) is 8.70. The minimum absolute atomic E-state index is 0.298. The van der Waals surface area contributed by atoms with E-state index in [2.05, 4.69) is 20.4 Å². The first kappa shape index (κ1) is 20.0. The maximum absolute atomic E-state index is 12.9. The Morgan fingerprint density at radius 1 is 1.13 bits per heavy atom. The first-order chi connectivity index (χ1) is 14.4. The van der Waals surface area contributed by atoms with E-state index in [1.54, 1.807) is 19.4 Å². The van der Waals surface area contributed by atoms with Crippen LogP contribution in [0.3, 0.4) is 0 Å². The highest BCUT2D eigenvalue weighted by Crippen LogP contribution is 2.31. The molecule has 2 aromatic heterocycles. The van der Waals surface area contributed by atoms with E-state index in [0.29, 0.717) is 22.3 Å². The third-order valence-electron chi connectivity index (χ3n) is 4.15. The smallest absolute Gasteiger partial charge is 0.416 e. The molecule has 0 saturated carbocycles. The van der Waals surface area contributed by atoms with Gasteiger partial charge in [-0.25, -0.2) is 0 Å². The fraction of sp³-hybridized carbons (Fsp3) is 0.158. The minimum atomic E-state index is -4.37. The number of rotatable bonds is 6. The molecule has 0 aliphatic rings. The number of nitrogens with zero attached hydrogens (tertiary/aromatic N) is 6. The molecule has 0 radical (unpaired) electrons. The average molecular weight is 432 g/mol. The predicted octanol–water partition coefficient (Wildman–Crippen LogP) is 4.13. The van der Waals surface area contributed by atoms with Gasteiger partial charge in [0.25, 0.3) is 5.78 Å². The lowest BCUT2D eigenvalue weighted by Crippen LogP contribution is -2.04. The van der Waals surface area contributed by atoms with Crippen LogP contribution in [-0.2, 0) is 11.9 Å². The molecule has 0 fully saturated rings. The summed E-state index contributed by atoms with van der Waals surface area (Å²) < 4.78 is 46.7. The molecule has 154 valence electrons. The van der Waals surface area contributed by atoms with Crippen molar-refractivity contribution in [2.75, 3.05) is 7.11 Å². The average Bonchev–Trinajstić information content (AvgIpc) is 3.33. The molecule has 0 N–H and O–H groups in total. The van der Waals surface area contributed by atoms with Crippen LogP contribution in [0.4, 0.5) is 13.2 Å². The van der Waals surface area contributed by atoms with Crippen molar-refractivity contribution in [2.45, 2.75) is 17.1 Å². The van der Waals surface area contributed by atoms with Gasteiger partial charge >= 0.3 is 6.18 Å². The summed E-state index contributed by atoms with van der Waals surface area (Å²) in [5, 5.41) is 17.1. The van der Waals surface area contributed by atoms with Gasteiger partial charge in [0.05, 0.1) is 18.9 Å². The molecule has 0 spiro atoms. The first-order valence-corrected chi connectivity index (χ1v) is 9.69. The number of benzene rings is 2. The Hall–Kier alpha value is -3.34. The van der Waals surface area contributed by atoms with Crippen LogP contribution < -0.4 is 4.74 Å². The predicted molar refractivity (Wildman–Crippen MR) is 106 cm³/mol.